The van der Waals surface area contributed by atoms with Gasteiger partial charge in [-0.1, -0.05) is 20.3 Å². The van der Waals surface area contributed by atoms with Gasteiger partial charge in [0.2, 0.25) is 0 Å². The number of likely N-dealkylation sites (tertiary alicyclic amines) is 1. The third-order valence-electron chi connectivity index (χ3n) is 3.36. The number of rotatable bonds is 10. The highest BCUT2D eigenvalue weighted by atomic mass is 16.5. The highest BCUT2D eigenvalue weighted by Gasteiger charge is 2.20. The summed E-state index contributed by atoms with van der Waals surface area (Å²) >= 11 is 0. The molecule has 102 valence electrons. The minimum Gasteiger partial charge on any atom is -0.381 e. The summed E-state index contributed by atoms with van der Waals surface area (Å²) in [5, 5.41) is 3.61. The van der Waals surface area contributed by atoms with Crippen molar-refractivity contribution in [2.75, 3.05) is 39.4 Å². The lowest BCUT2D eigenvalue weighted by Gasteiger charge is -2.16. The molecule has 0 aromatic heterocycles. The zero-order chi connectivity index (χ0) is 12.3. The number of unbranched alkanes of at least 4 members (excludes halogenated alkanes) is 1. The molecular weight excluding hydrogens is 212 g/mol. The molecule has 1 rings (SSSR count). The van der Waals surface area contributed by atoms with Crippen LogP contribution in [0, 0.1) is 0 Å². The minimum atomic E-state index is 0.732. The Balaban J connectivity index is 1.91. The number of nitrogens with zero attached hydrogens (tertiary/aromatic N) is 1. The van der Waals surface area contributed by atoms with Gasteiger partial charge < -0.3 is 15.0 Å². The first-order chi connectivity index (χ1) is 8.36. The Morgan fingerprint density at radius 2 is 2.00 bits per heavy atom. The molecule has 0 bridgehead atoms. The first kappa shape index (κ1) is 14.9. The maximum atomic E-state index is 5.58. The van der Waals surface area contributed by atoms with Crippen LogP contribution in [0.1, 0.15) is 46.0 Å². The molecule has 1 fully saturated rings. The molecule has 1 atom stereocenters. The van der Waals surface area contributed by atoms with Crippen molar-refractivity contribution in [1.29, 1.82) is 0 Å². The van der Waals surface area contributed by atoms with Crippen molar-refractivity contribution in [2.45, 2.75) is 52.0 Å². The van der Waals surface area contributed by atoms with Gasteiger partial charge in [-0.3, -0.25) is 0 Å². The molecule has 0 saturated carbocycles. The highest BCUT2D eigenvalue weighted by molar-refractivity contribution is 4.80. The maximum Gasteiger partial charge on any atom is 0.0478 e. The van der Waals surface area contributed by atoms with Crippen molar-refractivity contribution >= 4 is 0 Å². The van der Waals surface area contributed by atoms with E-state index in [4.69, 9.17) is 4.74 Å². The first-order valence-corrected chi connectivity index (χ1v) is 7.40. The van der Waals surface area contributed by atoms with Crippen LogP contribution in [0.25, 0.3) is 0 Å². The van der Waals surface area contributed by atoms with Crippen molar-refractivity contribution in [3.8, 4) is 0 Å². The normalized spacial score (nSPS) is 21.2. The van der Waals surface area contributed by atoms with Crippen molar-refractivity contribution in [2.24, 2.45) is 0 Å². The summed E-state index contributed by atoms with van der Waals surface area (Å²) < 4.78 is 5.58. The third kappa shape index (κ3) is 7.02. The molecule has 0 aliphatic carbocycles. The SMILES string of the molecule is CCCCOCCCN1CCC(NCCC)C1. The molecule has 0 spiro atoms. The molecule has 0 aromatic rings. The lowest BCUT2D eigenvalue weighted by atomic mass is 10.2. The fourth-order valence-corrected chi connectivity index (χ4v) is 2.29. The molecule has 1 heterocycles. The standard InChI is InChI=1S/C14H30N2O/c1-3-5-11-17-12-6-9-16-10-7-14(13-16)15-8-4-2/h14-15H,3-13H2,1-2H3. The monoisotopic (exact) mass is 242 g/mol. The molecule has 3 heteroatoms. The van der Waals surface area contributed by atoms with E-state index in [9.17, 15) is 0 Å². The fraction of sp³-hybridized carbons (Fsp3) is 1.00. The summed E-state index contributed by atoms with van der Waals surface area (Å²) in [6.07, 6.45) is 6.17. The van der Waals surface area contributed by atoms with Crippen LogP contribution in [-0.2, 0) is 4.74 Å². The second-order valence-electron chi connectivity index (χ2n) is 5.06. The molecule has 1 saturated heterocycles. The second-order valence-corrected chi connectivity index (χ2v) is 5.06. The maximum absolute atomic E-state index is 5.58. The van der Waals surface area contributed by atoms with E-state index in [2.05, 4.69) is 24.1 Å². The summed E-state index contributed by atoms with van der Waals surface area (Å²) in [6, 6.07) is 0.732. The van der Waals surface area contributed by atoms with Gasteiger partial charge in [0.25, 0.3) is 0 Å². The second kappa shape index (κ2) is 9.86. The van der Waals surface area contributed by atoms with Crippen molar-refractivity contribution in [3.63, 3.8) is 0 Å². The van der Waals surface area contributed by atoms with Gasteiger partial charge in [0, 0.05) is 32.3 Å². The number of ether oxygens (including phenoxy) is 1. The Hall–Kier alpha value is -0.120. The third-order valence-corrected chi connectivity index (χ3v) is 3.36. The summed E-state index contributed by atoms with van der Waals surface area (Å²) in [6.45, 7) is 11.2. The van der Waals surface area contributed by atoms with Gasteiger partial charge in [-0.05, 0) is 38.8 Å². The van der Waals surface area contributed by atoms with Crippen LogP contribution in [0.15, 0.2) is 0 Å². The van der Waals surface area contributed by atoms with Gasteiger partial charge in [0.1, 0.15) is 0 Å². The lowest BCUT2D eigenvalue weighted by Crippen LogP contribution is -2.33. The largest absolute Gasteiger partial charge is 0.381 e. The zero-order valence-corrected chi connectivity index (χ0v) is 11.7. The fourth-order valence-electron chi connectivity index (χ4n) is 2.29. The summed E-state index contributed by atoms with van der Waals surface area (Å²) in [5.41, 5.74) is 0. The Labute approximate surface area is 107 Å². The summed E-state index contributed by atoms with van der Waals surface area (Å²) in [7, 11) is 0. The van der Waals surface area contributed by atoms with Crippen LogP contribution >= 0.6 is 0 Å². The summed E-state index contributed by atoms with van der Waals surface area (Å²) in [5.74, 6) is 0. The molecule has 3 nitrogen and oxygen atoms in total. The molecule has 1 N–H and O–H groups in total. The van der Waals surface area contributed by atoms with Crippen molar-refractivity contribution in [3.05, 3.63) is 0 Å². The van der Waals surface area contributed by atoms with Crippen molar-refractivity contribution in [1.82, 2.24) is 10.2 Å². The first-order valence-electron chi connectivity index (χ1n) is 7.40. The van der Waals surface area contributed by atoms with E-state index in [-0.39, 0.29) is 0 Å². The smallest absolute Gasteiger partial charge is 0.0478 e. The summed E-state index contributed by atoms with van der Waals surface area (Å²) in [4.78, 5) is 2.57. The quantitative estimate of drug-likeness (QED) is 0.595. The van der Waals surface area contributed by atoms with Crippen LogP contribution in [0.2, 0.25) is 0 Å². The van der Waals surface area contributed by atoms with Crippen LogP contribution in [0.3, 0.4) is 0 Å². The van der Waals surface area contributed by atoms with E-state index in [0.29, 0.717) is 0 Å². The van der Waals surface area contributed by atoms with Gasteiger partial charge in [0.05, 0.1) is 0 Å². The van der Waals surface area contributed by atoms with Gasteiger partial charge in [-0.15, -0.1) is 0 Å². The van der Waals surface area contributed by atoms with Crippen LogP contribution in [0.4, 0.5) is 0 Å². The zero-order valence-electron chi connectivity index (χ0n) is 11.7. The van der Waals surface area contributed by atoms with Crippen molar-refractivity contribution < 1.29 is 4.74 Å². The topological polar surface area (TPSA) is 24.5 Å². The lowest BCUT2D eigenvalue weighted by molar-refractivity contribution is 0.120. The van der Waals surface area contributed by atoms with Gasteiger partial charge in [0.15, 0.2) is 0 Å². The molecular formula is C14H30N2O. The number of hydrogen-bond acceptors (Lipinski definition) is 3. The molecule has 1 unspecified atom stereocenters. The predicted octanol–water partition coefficient (Wildman–Crippen LogP) is 2.27. The Bertz CT molecular complexity index is 176. The number of hydrogen-bond donors (Lipinski definition) is 1. The molecule has 0 radical (unpaired) electrons. The molecule has 1 aliphatic rings. The van der Waals surface area contributed by atoms with E-state index in [1.54, 1.807) is 0 Å². The highest BCUT2D eigenvalue weighted by Crippen LogP contribution is 2.09. The Kier molecular flexibility index (Phi) is 8.67. The van der Waals surface area contributed by atoms with Gasteiger partial charge in [-0.25, -0.2) is 0 Å². The number of nitrogens with one attached hydrogen (secondary N) is 1. The van der Waals surface area contributed by atoms with Crippen LogP contribution in [0.5, 0.6) is 0 Å². The van der Waals surface area contributed by atoms with Gasteiger partial charge >= 0.3 is 0 Å². The molecule has 17 heavy (non-hydrogen) atoms. The van der Waals surface area contributed by atoms with E-state index in [1.807, 2.05) is 0 Å². The van der Waals surface area contributed by atoms with E-state index < -0.39 is 0 Å². The average molecular weight is 242 g/mol. The Morgan fingerprint density at radius 3 is 2.76 bits per heavy atom. The van der Waals surface area contributed by atoms with Crippen LogP contribution in [-0.4, -0.2) is 50.3 Å². The van der Waals surface area contributed by atoms with Gasteiger partial charge in [-0.2, -0.15) is 0 Å². The molecule has 0 amide bonds. The predicted molar refractivity (Wildman–Crippen MR) is 73.5 cm³/mol. The average Bonchev–Trinajstić information content (AvgIpc) is 2.79. The van der Waals surface area contributed by atoms with E-state index >= 15 is 0 Å². The van der Waals surface area contributed by atoms with Crippen LogP contribution < -0.4 is 5.32 Å². The van der Waals surface area contributed by atoms with E-state index in [0.717, 1.165) is 19.3 Å². The Morgan fingerprint density at radius 1 is 1.18 bits per heavy atom. The molecule has 0 aromatic carbocycles. The molecule has 1 aliphatic heterocycles. The van der Waals surface area contributed by atoms with E-state index in [1.165, 1.54) is 58.3 Å². The minimum absolute atomic E-state index is 0.732.